The van der Waals surface area contributed by atoms with Crippen LogP contribution in [0, 0.1) is 5.82 Å². The molecule has 2 aromatic heterocycles. The fourth-order valence-corrected chi connectivity index (χ4v) is 1.67. The lowest BCUT2D eigenvalue weighted by atomic mass is 10.2. The molecular formula is C11H8FN5O. The maximum absolute atomic E-state index is 13.0. The summed E-state index contributed by atoms with van der Waals surface area (Å²) in [6.45, 7) is 0. The van der Waals surface area contributed by atoms with E-state index in [0.29, 0.717) is 16.6 Å². The van der Waals surface area contributed by atoms with Gasteiger partial charge in [-0.2, -0.15) is 10.1 Å². The number of aromatic nitrogens is 4. The molecule has 3 rings (SSSR count). The molecule has 7 heteroatoms. The number of aromatic amines is 2. The van der Waals surface area contributed by atoms with Gasteiger partial charge in [0.15, 0.2) is 0 Å². The van der Waals surface area contributed by atoms with Crippen molar-refractivity contribution in [1.82, 2.24) is 20.2 Å². The zero-order valence-corrected chi connectivity index (χ0v) is 9.07. The second-order valence-electron chi connectivity index (χ2n) is 3.70. The smallest absolute Gasteiger partial charge is 0.274 e. The molecule has 0 unspecified atom stereocenters. The summed E-state index contributed by atoms with van der Waals surface area (Å²) >= 11 is 0. The number of anilines is 1. The van der Waals surface area contributed by atoms with Gasteiger partial charge < -0.3 is 4.98 Å². The number of H-pyrrole nitrogens is 2. The number of fused-ring (bicyclic) bond motifs is 1. The van der Waals surface area contributed by atoms with Crippen molar-refractivity contribution in [2.75, 3.05) is 5.32 Å². The summed E-state index contributed by atoms with van der Waals surface area (Å²) in [7, 11) is 0. The lowest BCUT2D eigenvalue weighted by Crippen LogP contribution is -2.13. The van der Waals surface area contributed by atoms with Crippen molar-refractivity contribution in [2.45, 2.75) is 0 Å². The molecule has 0 fully saturated rings. The van der Waals surface area contributed by atoms with Crippen LogP contribution in [-0.2, 0) is 0 Å². The minimum Gasteiger partial charge on any atom is -0.351 e. The minimum absolute atomic E-state index is 0.254. The first-order valence-corrected chi connectivity index (χ1v) is 5.17. The first-order chi connectivity index (χ1) is 8.72. The van der Waals surface area contributed by atoms with Gasteiger partial charge in [0.1, 0.15) is 17.8 Å². The van der Waals surface area contributed by atoms with Crippen LogP contribution in [0.3, 0.4) is 0 Å². The number of amides is 1. The molecule has 0 spiro atoms. The van der Waals surface area contributed by atoms with E-state index in [9.17, 15) is 9.18 Å². The zero-order valence-electron chi connectivity index (χ0n) is 9.07. The number of rotatable bonds is 2. The largest absolute Gasteiger partial charge is 0.351 e. The molecule has 0 radical (unpaired) electrons. The van der Waals surface area contributed by atoms with Crippen molar-refractivity contribution in [1.29, 1.82) is 0 Å². The van der Waals surface area contributed by atoms with Crippen LogP contribution in [0.2, 0.25) is 0 Å². The molecule has 0 aliphatic heterocycles. The molecule has 0 saturated heterocycles. The topological polar surface area (TPSA) is 86.5 Å². The molecule has 0 aliphatic carbocycles. The Morgan fingerprint density at radius 1 is 1.33 bits per heavy atom. The molecule has 0 bridgehead atoms. The van der Waals surface area contributed by atoms with E-state index in [2.05, 4.69) is 25.5 Å². The number of nitrogens with zero attached hydrogens (tertiary/aromatic N) is 2. The van der Waals surface area contributed by atoms with Gasteiger partial charge in [0.05, 0.1) is 0 Å². The SMILES string of the molecule is O=C(Nc1ncn[nH]1)c1cc2cc(F)ccc2[nH]1. The van der Waals surface area contributed by atoms with Crippen LogP contribution in [0.15, 0.2) is 30.6 Å². The first kappa shape index (κ1) is 10.5. The van der Waals surface area contributed by atoms with E-state index < -0.39 is 0 Å². The molecule has 18 heavy (non-hydrogen) atoms. The average Bonchev–Trinajstić information content (AvgIpc) is 2.96. The van der Waals surface area contributed by atoms with Gasteiger partial charge in [0, 0.05) is 10.9 Å². The summed E-state index contributed by atoms with van der Waals surface area (Å²) < 4.78 is 13.0. The second-order valence-corrected chi connectivity index (χ2v) is 3.70. The van der Waals surface area contributed by atoms with Gasteiger partial charge in [-0.3, -0.25) is 10.1 Å². The Hall–Kier alpha value is -2.70. The van der Waals surface area contributed by atoms with Gasteiger partial charge in [-0.25, -0.2) is 9.49 Å². The predicted octanol–water partition coefficient (Wildman–Crippen LogP) is 1.68. The van der Waals surface area contributed by atoms with E-state index in [1.807, 2.05) is 0 Å². The Balaban J connectivity index is 1.92. The van der Waals surface area contributed by atoms with Crippen molar-refractivity contribution in [3.63, 3.8) is 0 Å². The Kier molecular flexibility index (Phi) is 2.30. The highest BCUT2D eigenvalue weighted by molar-refractivity contribution is 6.05. The van der Waals surface area contributed by atoms with Crippen LogP contribution >= 0.6 is 0 Å². The molecule has 1 amide bonds. The molecule has 6 nitrogen and oxygen atoms in total. The second kappa shape index (κ2) is 3.95. The summed E-state index contributed by atoms with van der Waals surface area (Å²) in [6, 6.07) is 5.84. The fraction of sp³-hybridized carbons (Fsp3) is 0. The highest BCUT2D eigenvalue weighted by atomic mass is 19.1. The van der Waals surface area contributed by atoms with Gasteiger partial charge >= 0.3 is 0 Å². The summed E-state index contributed by atoms with van der Waals surface area (Å²) in [5.41, 5.74) is 1.02. The molecule has 0 saturated carbocycles. The van der Waals surface area contributed by atoms with Gasteiger partial charge in [-0.1, -0.05) is 0 Å². The average molecular weight is 245 g/mol. The van der Waals surface area contributed by atoms with Crippen molar-refractivity contribution in [3.05, 3.63) is 42.1 Å². The molecule has 0 aliphatic rings. The number of benzene rings is 1. The lowest BCUT2D eigenvalue weighted by Gasteiger charge is -1.97. The summed E-state index contributed by atoms with van der Waals surface area (Å²) in [6.07, 6.45) is 1.29. The number of nitrogens with one attached hydrogen (secondary N) is 3. The van der Waals surface area contributed by atoms with Crippen LogP contribution < -0.4 is 5.32 Å². The third-order valence-electron chi connectivity index (χ3n) is 2.47. The number of carbonyl (C=O) groups excluding carboxylic acids is 1. The lowest BCUT2D eigenvalue weighted by molar-refractivity contribution is 0.102. The summed E-state index contributed by atoms with van der Waals surface area (Å²) in [5.74, 6) is -0.461. The Bertz CT molecular complexity index is 703. The van der Waals surface area contributed by atoms with Crippen LogP contribution in [0.1, 0.15) is 10.5 Å². The van der Waals surface area contributed by atoms with Crippen molar-refractivity contribution in [2.24, 2.45) is 0 Å². The van der Waals surface area contributed by atoms with Crippen LogP contribution in [0.25, 0.3) is 10.9 Å². The molecule has 3 N–H and O–H groups in total. The highest BCUT2D eigenvalue weighted by Crippen LogP contribution is 2.17. The van der Waals surface area contributed by atoms with E-state index in [4.69, 9.17) is 0 Å². The van der Waals surface area contributed by atoms with Gasteiger partial charge in [-0.15, -0.1) is 0 Å². The van der Waals surface area contributed by atoms with Crippen molar-refractivity contribution in [3.8, 4) is 0 Å². The number of halogens is 1. The minimum atomic E-state index is -0.372. The molecule has 90 valence electrons. The monoisotopic (exact) mass is 245 g/mol. The van der Waals surface area contributed by atoms with E-state index in [0.717, 1.165) is 0 Å². The molecule has 2 heterocycles. The zero-order chi connectivity index (χ0) is 12.5. The predicted molar refractivity (Wildman–Crippen MR) is 62.6 cm³/mol. The first-order valence-electron chi connectivity index (χ1n) is 5.17. The Morgan fingerprint density at radius 2 is 2.22 bits per heavy atom. The van der Waals surface area contributed by atoms with Crippen LogP contribution in [0.4, 0.5) is 10.3 Å². The molecule has 1 aromatic carbocycles. The third kappa shape index (κ3) is 1.81. The summed E-state index contributed by atoms with van der Waals surface area (Å²) in [5, 5.41) is 9.28. The maximum Gasteiger partial charge on any atom is 0.274 e. The normalized spacial score (nSPS) is 10.7. The maximum atomic E-state index is 13.0. The van der Waals surface area contributed by atoms with E-state index in [1.165, 1.54) is 18.5 Å². The van der Waals surface area contributed by atoms with Gasteiger partial charge in [0.25, 0.3) is 5.91 Å². The Morgan fingerprint density at radius 3 is 3.00 bits per heavy atom. The number of carbonyl (C=O) groups is 1. The van der Waals surface area contributed by atoms with Crippen LogP contribution in [-0.4, -0.2) is 26.1 Å². The van der Waals surface area contributed by atoms with Gasteiger partial charge in [0.2, 0.25) is 5.95 Å². The van der Waals surface area contributed by atoms with E-state index in [-0.39, 0.29) is 17.7 Å². The third-order valence-corrected chi connectivity index (χ3v) is 2.47. The highest BCUT2D eigenvalue weighted by Gasteiger charge is 2.11. The van der Waals surface area contributed by atoms with E-state index in [1.54, 1.807) is 12.1 Å². The van der Waals surface area contributed by atoms with Gasteiger partial charge in [-0.05, 0) is 24.3 Å². The Labute approximate surface area is 100 Å². The van der Waals surface area contributed by atoms with E-state index >= 15 is 0 Å². The quantitative estimate of drug-likeness (QED) is 0.642. The summed E-state index contributed by atoms with van der Waals surface area (Å²) in [4.78, 5) is 18.5. The molecular weight excluding hydrogens is 237 g/mol. The number of hydrogen-bond acceptors (Lipinski definition) is 3. The standard InChI is InChI=1S/C11H8FN5O/c12-7-1-2-8-6(3-7)4-9(15-8)10(18)16-11-13-5-14-17-11/h1-5,15H,(H2,13,14,16,17,18). The van der Waals surface area contributed by atoms with Crippen molar-refractivity contribution >= 4 is 22.8 Å². The fourth-order valence-electron chi connectivity index (χ4n) is 1.67. The molecule has 3 aromatic rings. The van der Waals surface area contributed by atoms with Crippen molar-refractivity contribution < 1.29 is 9.18 Å². The van der Waals surface area contributed by atoms with Crippen LogP contribution in [0.5, 0.6) is 0 Å². The number of hydrogen-bond donors (Lipinski definition) is 3. The molecule has 0 atom stereocenters.